The van der Waals surface area contributed by atoms with Crippen LogP contribution in [0.1, 0.15) is 25.0 Å². The quantitative estimate of drug-likeness (QED) is 0.678. The molecule has 0 bridgehead atoms. The average Bonchev–Trinajstić information content (AvgIpc) is 2.39. The highest BCUT2D eigenvalue weighted by molar-refractivity contribution is 9.10. The normalized spacial score (nSPS) is 12.7. The Morgan fingerprint density at radius 3 is 2.29 bits per heavy atom. The van der Waals surface area contributed by atoms with Crippen LogP contribution >= 0.6 is 23.5 Å². The minimum absolute atomic E-state index is 0.129. The van der Waals surface area contributed by atoms with Gasteiger partial charge >= 0.3 is 13.3 Å². The highest BCUT2D eigenvalue weighted by atomic mass is 79.9. The fourth-order valence-electron chi connectivity index (χ4n) is 1.81. The zero-order valence-electron chi connectivity index (χ0n) is 11.9. The summed E-state index contributed by atoms with van der Waals surface area (Å²) in [5.74, 6) is 0. The molecule has 0 atom stereocenters. The Labute approximate surface area is 131 Å². The maximum atomic E-state index is 14.6. The topological polar surface area (TPSA) is 61.5 Å². The highest BCUT2D eigenvalue weighted by Gasteiger charge is 2.55. The molecule has 0 aromatic heterocycles. The first kappa shape index (κ1) is 18.7. The Morgan fingerprint density at radius 1 is 1.29 bits per heavy atom. The van der Waals surface area contributed by atoms with Gasteiger partial charge in [0.05, 0.1) is 13.2 Å². The maximum absolute atomic E-state index is 14.6. The van der Waals surface area contributed by atoms with Crippen LogP contribution in [-0.4, -0.2) is 19.8 Å². The van der Waals surface area contributed by atoms with Gasteiger partial charge in [-0.3, -0.25) is 4.57 Å². The molecule has 0 spiro atoms. The molecule has 0 aliphatic carbocycles. The zero-order valence-corrected chi connectivity index (χ0v) is 14.4. The molecule has 120 valence electrons. The van der Waals surface area contributed by atoms with E-state index < -0.39 is 18.8 Å². The molecule has 4 nitrogen and oxygen atoms in total. The molecule has 0 aliphatic rings. The predicted octanol–water partition coefficient (Wildman–Crippen LogP) is 4.27. The SMILES string of the molecule is CCOP(=O)(OCC)C(F)(F)c1ccc(CCN)cc1Br. The van der Waals surface area contributed by atoms with Crippen LogP contribution < -0.4 is 5.73 Å². The second-order valence-electron chi connectivity index (χ2n) is 4.23. The van der Waals surface area contributed by atoms with E-state index >= 15 is 0 Å². The molecule has 1 aromatic carbocycles. The standard InChI is InChI=1S/C13H19BrF2NO3P/c1-3-19-21(18,20-4-2)13(15,16)11-6-5-10(7-8-17)9-12(11)14/h5-6,9H,3-4,7-8,17H2,1-2H3. The lowest BCUT2D eigenvalue weighted by Gasteiger charge is -2.26. The van der Waals surface area contributed by atoms with Crippen molar-refractivity contribution in [3.05, 3.63) is 33.8 Å². The van der Waals surface area contributed by atoms with E-state index in [1.54, 1.807) is 6.07 Å². The van der Waals surface area contributed by atoms with Crippen molar-refractivity contribution in [2.24, 2.45) is 5.73 Å². The van der Waals surface area contributed by atoms with Crippen LogP contribution in [0.2, 0.25) is 0 Å². The van der Waals surface area contributed by atoms with E-state index in [0.717, 1.165) is 5.56 Å². The second kappa shape index (κ2) is 7.79. The maximum Gasteiger partial charge on any atom is 0.404 e. The third-order valence-electron chi connectivity index (χ3n) is 2.73. The molecular formula is C13H19BrF2NO3P. The summed E-state index contributed by atoms with van der Waals surface area (Å²) >= 11 is 3.09. The number of nitrogens with two attached hydrogens (primary N) is 1. The lowest BCUT2D eigenvalue weighted by Crippen LogP contribution is -2.19. The molecular weight excluding hydrogens is 367 g/mol. The molecule has 21 heavy (non-hydrogen) atoms. The van der Waals surface area contributed by atoms with Crippen LogP contribution in [0.15, 0.2) is 22.7 Å². The molecule has 8 heteroatoms. The number of alkyl halides is 2. The molecule has 0 fully saturated rings. The monoisotopic (exact) mass is 385 g/mol. The summed E-state index contributed by atoms with van der Waals surface area (Å²) in [7, 11) is -4.59. The highest BCUT2D eigenvalue weighted by Crippen LogP contribution is 2.67. The fourth-order valence-corrected chi connectivity index (χ4v) is 4.21. The van der Waals surface area contributed by atoms with E-state index in [1.807, 2.05) is 0 Å². The minimum Gasteiger partial charge on any atom is -0.330 e. The number of hydrogen-bond acceptors (Lipinski definition) is 4. The lowest BCUT2D eigenvalue weighted by molar-refractivity contribution is 0.0354. The number of rotatable bonds is 8. The molecule has 0 unspecified atom stereocenters. The minimum atomic E-state index is -4.59. The van der Waals surface area contributed by atoms with Crippen LogP contribution in [0.4, 0.5) is 8.78 Å². The number of hydrogen-bond donors (Lipinski definition) is 1. The summed E-state index contributed by atoms with van der Waals surface area (Å²) in [5.41, 5.74) is 2.09. The molecule has 0 radical (unpaired) electrons. The van der Waals surface area contributed by atoms with Gasteiger partial charge in [-0.2, -0.15) is 8.78 Å². The third kappa shape index (κ3) is 4.11. The Kier molecular flexibility index (Phi) is 6.94. The van der Waals surface area contributed by atoms with E-state index in [-0.39, 0.29) is 17.7 Å². The van der Waals surface area contributed by atoms with Crippen LogP contribution in [0.3, 0.4) is 0 Å². The Balaban J connectivity index is 3.24. The fraction of sp³-hybridized carbons (Fsp3) is 0.538. The van der Waals surface area contributed by atoms with Crippen molar-refractivity contribution >= 4 is 23.5 Å². The smallest absolute Gasteiger partial charge is 0.330 e. The Morgan fingerprint density at radius 2 is 1.86 bits per heavy atom. The molecule has 1 rings (SSSR count). The van der Waals surface area contributed by atoms with Crippen LogP contribution in [0.5, 0.6) is 0 Å². The second-order valence-corrected chi connectivity index (χ2v) is 7.15. The summed E-state index contributed by atoms with van der Waals surface area (Å²) in [6.45, 7) is 3.13. The zero-order chi connectivity index (χ0) is 16.1. The van der Waals surface area contributed by atoms with E-state index in [4.69, 9.17) is 14.8 Å². The van der Waals surface area contributed by atoms with Crippen molar-refractivity contribution in [2.45, 2.75) is 25.9 Å². The predicted molar refractivity (Wildman–Crippen MR) is 81.7 cm³/mol. The molecule has 0 aliphatic heterocycles. The summed E-state index contributed by atoms with van der Waals surface area (Å²) < 4.78 is 51.2. The van der Waals surface area contributed by atoms with Crippen LogP contribution in [-0.2, 0) is 25.7 Å². The van der Waals surface area contributed by atoms with Crippen molar-refractivity contribution < 1.29 is 22.4 Å². The van der Waals surface area contributed by atoms with Crippen LogP contribution in [0, 0.1) is 0 Å². The summed E-state index contributed by atoms with van der Waals surface area (Å²) in [6, 6.07) is 4.29. The van der Waals surface area contributed by atoms with Gasteiger partial charge in [-0.25, -0.2) is 0 Å². The molecule has 0 amide bonds. The number of benzene rings is 1. The van der Waals surface area contributed by atoms with Gasteiger partial charge in [-0.15, -0.1) is 0 Å². The third-order valence-corrected chi connectivity index (χ3v) is 5.51. The largest absolute Gasteiger partial charge is 0.404 e. The van der Waals surface area contributed by atoms with E-state index in [9.17, 15) is 13.3 Å². The first-order valence-electron chi connectivity index (χ1n) is 6.58. The van der Waals surface area contributed by atoms with Gasteiger partial charge in [0.25, 0.3) is 0 Å². The lowest BCUT2D eigenvalue weighted by atomic mass is 10.1. The molecule has 2 N–H and O–H groups in total. The van der Waals surface area contributed by atoms with Gasteiger partial charge in [-0.05, 0) is 38.4 Å². The van der Waals surface area contributed by atoms with Gasteiger partial charge in [0.2, 0.25) is 0 Å². The van der Waals surface area contributed by atoms with Gasteiger partial charge in [0.1, 0.15) is 0 Å². The van der Waals surface area contributed by atoms with Crippen molar-refractivity contribution in [3.63, 3.8) is 0 Å². The summed E-state index contributed by atoms with van der Waals surface area (Å²) in [5, 5.41) is 0. The molecule has 0 saturated heterocycles. The van der Waals surface area contributed by atoms with Crippen molar-refractivity contribution in [1.82, 2.24) is 0 Å². The van der Waals surface area contributed by atoms with Crippen molar-refractivity contribution in [1.29, 1.82) is 0 Å². The summed E-state index contributed by atoms with van der Waals surface area (Å²) in [6.07, 6.45) is 0.568. The first-order chi connectivity index (χ1) is 9.82. The molecule has 0 saturated carbocycles. The van der Waals surface area contributed by atoms with Gasteiger partial charge in [-0.1, -0.05) is 28.1 Å². The van der Waals surface area contributed by atoms with Gasteiger partial charge in [0.15, 0.2) is 0 Å². The Hall–Kier alpha value is -0.330. The van der Waals surface area contributed by atoms with Crippen LogP contribution in [0.25, 0.3) is 0 Å². The number of halogens is 3. The van der Waals surface area contributed by atoms with Crippen molar-refractivity contribution in [3.8, 4) is 0 Å². The van der Waals surface area contributed by atoms with E-state index in [2.05, 4.69) is 15.9 Å². The average molecular weight is 386 g/mol. The van der Waals surface area contributed by atoms with Gasteiger partial charge < -0.3 is 14.8 Å². The molecule has 0 heterocycles. The van der Waals surface area contributed by atoms with Gasteiger partial charge in [0, 0.05) is 10.0 Å². The first-order valence-corrected chi connectivity index (χ1v) is 8.92. The van der Waals surface area contributed by atoms with Crippen molar-refractivity contribution in [2.75, 3.05) is 19.8 Å². The Bertz CT molecular complexity index is 518. The van der Waals surface area contributed by atoms with E-state index in [0.29, 0.717) is 13.0 Å². The van der Waals surface area contributed by atoms with E-state index in [1.165, 1.54) is 26.0 Å². The summed E-state index contributed by atoms with van der Waals surface area (Å²) in [4.78, 5) is 0. The molecule has 1 aromatic rings.